The first kappa shape index (κ1) is 10.8. The van der Waals surface area contributed by atoms with E-state index in [0.717, 1.165) is 19.3 Å². The van der Waals surface area contributed by atoms with E-state index in [-0.39, 0.29) is 6.54 Å². The summed E-state index contributed by atoms with van der Waals surface area (Å²) in [5, 5.41) is 1.48. The van der Waals surface area contributed by atoms with Crippen LogP contribution in [-0.2, 0) is 0 Å². The Bertz CT molecular complexity index is 90.2. The highest BCUT2D eigenvalue weighted by atomic mass is 19.4. The normalized spacial score (nSPS) is 12.0. The number of hydrogen-bond donors (Lipinski definition) is 1. The minimum atomic E-state index is -4.20. The molecule has 0 rings (SSSR count). The lowest BCUT2D eigenvalue weighted by Gasteiger charge is -2.07. The number of halogens is 3. The van der Waals surface area contributed by atoms with Gasteiger partial charge >= 0.3 is 6.30 Å². The summed E-state index contributed by atoms with van der Waals surface area (Å²) in [6.07, 6.45) is -0.662. The molecule has 0 aliphatic heterocycles. The molecule has 1 N–H and O–H groups in total. The number of hydrogen-bond acceptors (Lipinski definition) is 1. The summed E-state index contributed by atoms with van der Waals surface area (Å²) < 4.78 is 34.4. The van der Waals surface area contributed by atoms with E-state index in [9.17, 15) is 13.2 Å². The molecule has 0 aliphatic rings. The van der Waals surface area contributed by atoms with E-state index in [1.165, 1.54) is 5.32 Å². The van der Waals surface area contributed by atoms with Crippen LogP contribution < -0.4 is 5.32 Å². The molecule has 0 unspecified atom stereocenters. The van der Waals surface area contributed by atoms with Crippen molar-refractivity contribution in [2.45, 2.75) is 38.9 Å². The molecule has 0 bridgehead atoms. The van der Waals surface area contributed by atoms with Crippen LogP contribution >= 0.6 is 0 Å². The van der Waals surface area contributed by atoms with Crippen LogP contribution in [0, 0.1) is 0 Å². The molecule has 4 heteroatoms. The number of nitrogens with one attached hydrogen (secondary N) is 1. The summed E-state index contributed by atoms with van der Waals surface area (Å²) in [6.45, 7) is 2.07. The lowest BCUT2D eigenvalue weighted by molar-refractivity contribution is -0.156. The molecule has 1 nitrogen and oxygen atoms in total. The zero-order valence-corrected chi connectivity index (χ0v) is 6.67. The predicted octanol–water partition coefficient (Wildman–Crippen LogP) is 2.68. The highest BCUT2D eigenvalue weighted by Crippen LogP contribution is 2.09. The molecule has 0 saturated carbocycles. The molecule has 0 fully saturated rings. The van der Waals surface area contributed by atoms with Crippen LogP contribution in [0.4, 0.5) is 13.2 Å². The third-order valence-electron chi connectivity index (χ3n) is 1.36. The quantitative estimate of drug-likeness (QED) is 0.493. The minimum absolute atomic E-state index is 0.0451. The first-order chi connectivity index (χ1) is 5.06. The maximum atomic E-state index is 11.5. The summed E-state index contributed by atoms with van der Waals surface area (Å²) in [5.74, 6) is 0. The first-order valence-corrected chi connectivity index (χ1v) is 3.88. The number of alkyl halides is 3. The standard InChI is InChI=1S/C7H14F3N/c1-2-3-4-5-6-11-7(8,9)10/h11H,2-6H2,1H3. The van der Waals surface area contributed by atoms with Gasteiger partial charge in [0, 0.05) is 6.54 Å². The van der Waals surface area contributed by atoms with Gasteiger partial charge < -0.3 is 0 Å². The van der Waals surface area contributed by atoms with Gasteiger partial charge in [0.2, 0.25) is 0 Å². The molecule has 0 aromatic carbocycles. The second-order valence-corrected chi connectivity index (χ2v) is 2.49. The Morgan fingerprint density at radius 2 is 1.73 bits per heavy atom. The second kappa shape index (κ2) is 5.41. The van der Waals surface area contributed by atoms with Gasteiger partial charge in [-0.3, -0.25) is 0 Å². The van der Waals surface area contributed by atoms with Crippen molar-refractivity contribution >= 4 is 0 Å². The van der Waals surface area contributed by atoms with Crippen LogP contribution in [0.3, 0.4) is 0 Å². The molecule has 0 aliphatic carbocycles. The zero-order chi connectivity index (χ0) is 8.74. The monoisotopic (exact) mass is 169 g/mol. The van der Waals surface area contributed by atoms with Crippen molar-refractivity contribution in [1.82, 2.24) is 5.32 Å². The summed E-state index contributed by atoms with van der Waals surface area (Å²) in [4.78, 5) is 0. The van der Waals surface area contributed by atoms with Crippen LogP contribution in [0.2, 0.25) is 0 Å². The highest BCUT2D eigenvalue weighted by Gasteiger charge is 2.25. The summed E-state index contributed by atoms with van der Waals surface area (Å²) in [7, 11) is 0. The van der Waals surface area contributed by atoms with E-state index < -0.39 is 6.30 Å². The summed E-state index contributed by atoms with van der Waals surface area (Å²) >= 11 is 0. The molecule has 11 heavy (non-hydrogen) atoms. The lowest BCUT2D eigenvalue weighted by Crippen LogP contribution is -2.32. The van der Waals surface area contributed by atoms with E-state index in [4.69, 9.17) is 0 Å². The van der Waals surface area contributed by atoms with E-state index in [0.29, 0.717) is 6.42 Å². The Labute approximate surface area is 65.0 Å². The molecule has 68 valence electrons. The second-order valence-electron chi connectivity index (χ2n) is 2.49. The molecule has 0 aromatic heterocycles. The van der Waals surface area contributed by atoms with Gasteiger partial charge in [0.05, 0.1) is 0 Å². The highest BCUT2D eigenvalue weighted by molar-refractivity contribution is 4.49. The Morgan fingerprint density at radius 1 is 1.09 bits per heavy atom. The van der Waals surface area contributed by atoms with Gasteiger partial charge in [0.15, 0.2) is 0 Å². The molecule has 0 saturated heterocycles. The van der Waals surface area contributed by atoms with Crippen LogP contribution in [-0.4, -0.2) is 12.8 Å². The molecule has 0 amide bonds. The van der Waals surface area contributed by atoms with Crippen molar-refractivity contribution in [3.05, 3.63) is 0 Å². The Balaban J connectivity index is 3.02. The largest absolute Gasteiger partial charge is 0.457 e. The van der Waals surface area contributed by atoms with Gasteiger partial charge in [0.1, 0.15) is 0 Å². The van der Waals surface area contributed by atoms with Crippen LogP contribution in [0.25, 0.3) is 0 Å². The molecule has 0 atom stereocenters. The lowest BCUT2D eigenvalue weighted by atomic mass is 10.2. The van der Waals surface area contributed by atoms with Gasteiger partial charge in [-0.2, -0.15) is 13.2 Å². The fourth-order valence-corrected chi connectivity index (χ4v) is 0.782. The Morgan fingerprint density at radius 3 is 2.18 bits per heavy atom. The molecular formula is C7H14F3N. The van der Waals surface area contributed by atoms with Gasteiger partial charge in [0.25, 0.3) is 0 Å². The van der Waals surface area contributed by atoms with Crippen molar-refractivity contribution in [1.29, 1.82) is 0 Å². The van der Waals surface area contributed by atoms with Crippen molar-refractivity contribution in [3.63, 3.8) is 0 Å². The van der Waals surface area contributed by atoms with Gasteiger partial charge in [-0.15, -0.1) is 0 Å². The topological polar surface area (TPSA) is 12.0 Å². The molecule has 0 heterocycles. The van der Waals surface area contributed by atoms with Crippen molar-refractivity contribution in [2.75, 3.05) is 6.54 Å². The maximum absolute atomic E-state index is 11.5. The molecule has 0 aromatic rings. The smallest absolute Gasteiger partial charge is 0.228 e. The third-order valence-corrected chi connectivity index (χ3v) is 1.36. The third kappa shape index (κ3) is 9.75. The van der Waals surface area contributed by atoms with Gasteiger partial charge in [-0.1, -0.05) is 26.2 Å². The van der Waals surface area contributed by atoms with E-state index in [1.807, 2.05) is 6.92 Å². The summed E-state index contributed by atoms with van der Waals surface area (Å²) in [5.41, 5.74) is 0. The van der Waals surface area contributed by atoms with E-state index in [1.54, 1.807) is 0 Å². The molecular weight excluding hydrogens is 155 g/mol. The van der Waals surface area contributed by atoms with Crippen LogP contribution in [0.5, 0.6) is 0 Å². The SMILES string of the molecule is CCCCCCNC(F)(F)F. The summed E-state index contributed by atoms with van der Waals surface area (Å²) in [6, 6.07) is 0. The number of unbranched alkanes of at least 4 members (excludes halogenated alkanes) is 3. The average Bonchev–Trinajstić information content (AvgIpc) is 1.85. The maximum Gasteiger partial charge on any atom is 0.457 e. The minimum Gasteiger partial charge on any atom is -0.228 e. The zero-order valence-electron chi connectivity index (χ0n) is 6.67. The fraction of sp³-hybridized carbons (Fsp3) is 1.00. The van der Waals surface area contributed by atoms with Gasteiger partial charge in [-0.25, -0.2) is 5.32 Å². The van der Waals surface area contributed by atoms with E-state index >= 15 is 0 Å². The molecule has 0 radical (unpaired) electrons. The van der Waals surface area contributed by atoms with Crippen LogP contribution in [0.1, 0.15) is 32.6 Å². The Hall–Kier alpha value is -0.250. The van der Waals surface area contributed by atoms with Crippen molar-refractivity contribution in [2.24, 2.45) is 0 Å². The van der Waals surface area contributed by atoms with Crippen LogP contribution in [0.15, 0.2) is 0 Å². The first-order valence-electron chi connectivity index (χ1n) is 3.88. The molecule has 0 spiro atoms. The average molecular weight is 169 g/mol. The Kier molecular flexibility index (Phi) is 5.28. The van der Waals surface area contributed by atoms with E-state index in [2.05, 4.69) is 0 Å². The van der Waals surface area contributed by atoms with Crippen molar-refractivity contribution < 1.29 is 13.2 Å². The van der Waals surface area contributed by atoms with Crippen molar-refractivity contribution in [3.8, 4) is 0 Å². The fourth-order valence-electron chi connectivity index (χ4n) is 0.782. The number of rotatable bonds is 5. The van der Waals surface area contributed by atoms with Gasteiger partial charge in [-0.05, 0) is 6.42 Å². The predicted molar refractivity (Wildman–Crippen MR) is 38.2 cm³/mol.